The number of amides is 1. The minimum absolute atomic E-state index is 0.202. The lowest BCUT2D eigenvalue weighted by Gasteiger charge is -2.37. The Morgan fingerprint density at radius 3 is 2.45 bits per heavy atom. The first-order chi connectivity index (χ1) is 8.97. The maximum absolute atomic E-state index is 12.2. The van der Waals surface area contributed by atoms with E-state index in [9.17, 15) is 20.0 Å². The average molecular weight is 302 g/mol. The van der Waals surface area contributed by atoms with Crippen molar-refractivity contribution in [3.63, 3.8) is 0 Å². The molecule has 1 rings (SSSR count). The Bertz CT molecular complexity index is 552. The van der Waals surface area contributed by atoms with Gasteiger partial charge in [-0.15, -0.1) is 0 Å². The third kappa shape index (κ3) is 3.23. The summed E-state index contributed by atoms with van der Waals surface area (Å²) in [6.07, 6.45) is 1.21. The van der Waals surface area contributed by atoms with Crippen molar-refractivity contribution in [1.82, 2.24) is 10.3 Å². The fraction of sp³-hybridized carbons (Fsp3) is 0.500. The van der Waals surface area contributed by atoms with Gasteiger partial charge in [-0.2, -0.15) is 0 Å². The molecular weight excluding hydrogens is 286 g/mol. The highest BCUT2D eigenvalue weighted by Gasteiger charge is 2.38. The number of aliphatic hydroxyl groups is 1. The summed E-state index contributed by atoms with van der Waals surface area (Å²) in [5.41, 5.74) is -2.97. The molecule has 1 amide bonds. The zero-order chi connectivity index (χ0) is 15.7. The summed E-state index contributed by atoms with van der Waals surface area (Å²) in [6, 6.07) is 1.21. The van der Waals surface area contributed by atoms with Gasteiger partial charge in [0.05, 0.1) is 16.1 Å². The van der Waals surface area contributed by atoms with Gasteiger partial charge >= 0.3 is 5.69 Å². The first-order valence-corrected chi connectivity index (χ1v) is 6.19. The Kier molecular flexibility index (Phi) is 4.36. The second kappa shape index (κ2) is 5.34. The van der Waals surface area contributed by atoms with E-state index in [-0.39, 0.29) is 10.7 Å². The van der Waals surface area contributed by atoms with Crippen LogP contribution in [0.3, 0.4) is 0 Å². The summed E-state index contributed by atoms with van der Waals surface area (Å²) in [7, 11) is 0. The number of nitro groups is 1. The van der Waals surface area contributed by atoms with E-state index in [4.69, 9.17) is 11.6 Å². The van der Waals surface area contributed by atoms with Crippen LogP contribution in [0.4, 0.5) is 5.69 Å². The molecule has 0 saturated heterocycles. The number of hydrogen-bond acceptors (Lipinski definition) is 5. The van der Waals surface area contributed by atoms with Crippen molar-refractivity contribution < 1.29 is 14.8 Å². The van der Waals surface area contributed by atoms with Crippen molar-refractivity contribution in [1.29, 1.82) is 0 Å². The highest BCUT2D eigenvalue weighted by Crippen LogP contribution is 2.27. The summed E-state index contributed by atoms with van der Waals surface area (Å²) in [6.45, 7) is 6.28. The molecular formula is C12H16ClN3O4. The van der Waals surface area contributed by atoms with Crippen LogP contribution in [0.2, 0.25) is 5.15 Å². The maximum atomic E-state index is 12.2. The van der Waals surface area contributed by atoms with Gasteiger partial charge in [-0.05, 0) is 33.8 Å². The summed E-state index contributed by atoms with van der Waals surface area (Å²) < 4.78 is 0. The van der Waals surface area contributed by atoms with Crippen LogP contribution in [0.5, 0.6) is 0 Å². The van der Waals surface area contributed by atoms with Gasteiger partial charge in [0.25, 0.3) is 5.91 Å². The zero-order valence-electron chi connectivity index (χ0n) is 11.6. The van der Waals surface area contributed by atoms with Crippen molar-refractivity contribution in [2.24, 2.45) is 0 Å². The molecule has 0 aliphatic rings. The second-order valence-corrected chi connectivity index (χ2v) is 5.75. The summed E-state index contributed by atoms with van der Waals surface area (Å²) in [5.74, 6) is -0.701. The van der Waals surface area contributed by atoms with Crippen LogP contribution in [0.25, 0.3) is 0 Å². The monoisotopic (exact) mass is 301 g/mol. The highest BCUT2D eigenvalue weighted by atomic mass is 35.5. The molecule has 0 atom stereocenters. The number of rotatable bonds is 4. The Labute approximate surface area is 121 Å². The molecule has 7 nitrogen and oxygen atoms in total. The standard InChI is InChI=1S/C12H16ClN3O4/c1-11(2,12(3,4)18)15-10(17)7-5-6-14-9(13)8(7)16(19)20/h5-6,18H,1-4H3,(H,15,17). The molecule has 0 saturated carbocycles. The number of carbonyl (C=O) groups excluding carboxylic acids is 1. The van der Waals surface area contributed by atoms with Gasteiger partial charge in [-0.25, -0.2) is 4.98 Å². The Balaban J connectivity index is 3.18. The van der Waals surface area contributed by atoms with Crippen LogP contribution in [-0.4, -0.2) is 32.1 Å². The van der Waals surface area contributed by atoms with E-state index in [0.717, 1.165) is 0 Å². The first-order valence-electron chi connectivity index (χ1n) is 5.81. The molecule has 8 heteroatoms. The SMILES string of the molecule is CC(C)(O)C(C)(C)NC(=O)c1ccnc(Cl)c1[N+](=O)[O-]. The van der Waals surface area contributed by atoms with Gasteiger partial charge in [-0.1, -0.05) is 11.6 Å². The Morgan fingerprint density at radius 2 is 2.00 bits per heavy atom. The summed E-state index contributed by atoms with van der Waals surface area (Å²) >= 11 is 5.65. The van der Waals surface area contributed by atoms with Crippen molar-refractivity contribution in [3.8, 4) is 0 Å². The number of carbonyl (C=O) groups is 1. The molecule has 0 radical (unpaired) electrons. The molecule has 0 aromatic carbocycles. The van der Waals surface area contributed by atoms with E-state index in [1.165, 1.54) is 26.1 Å². The van der Waals surface area contributed by atoms with E-state index in [2.05, 4.69) is 10.3 Å². The van der Waals surface area contributed by atoms with E-state index in [1.807, 2.05) is 0 Å². The third-order valence-corrected chi connectivity index (χ3v) is 3.54. The van der Waals surface area contributed by atoms with Gasteiger partial charge in [0, 0.05) is 6.20 Å². The first kappa shape index (κ1) is 16.3. The second-order valence-electron chi connectivity index (χ2n) is 5.39. The van der Waals surface area contributed by atoms with Crippen molar-refractivity contribution in [2.75, 3.05) is 0 Å². The molecule has 0 fully saturated rings. The quantitative estimate of drug-likeness (QED) is 0.502. The molecule has 110 valence electrons. The van der Waals surface area contributed by atoms with Crippen molar-refractivity contribution >= 4 is 23.2 Å². The fourth-order valence-electron chi connectivity index (χ4n) is 1.29. The van der Waals surface area contributed by atoms with Gasteiger partial charge in [-0.3, -0.25) is 14.9 Å². The Morgan fingerprint density at radius 1 is 1.45 bits per heavy atom. The lowest BCUT2D eigenvalue weighted by atomic mass is 9.85. The number of halogens is 1. The van der Waals surface area contributed by atoms with Gasteiger partial charge in [0.15, 0.2) is 0 Å². The predicted octanol–water partition coefficient (Wildman–Crippen LogP) is 1.92. The molecule has 0 bridgehead atoms. The molecule has 0 spiro atoms. The molecule has 1 aromatic rings. The topological polar surface area (TPSA) is 105 Å². The maximum Gasteiger partial charge on any atom is 0.319 e. The molecule has 0 unspecified atom stereocenters. The van der Waals surface area contributed by atoms with Crippen LogP contribution in [0.15, 0.2) is 12.3 Å². The number of aromatic nitrogens is 1. The van der Waals surface area contributed by atoms with Crippen LogP contribution in [0.1, 0.15) is 38.1 Å². The minimum atomic E-state index is -1.21. The molecule has 1 aromatic heterocycles. The van der Waals surface area contributed by atoms with Gasteiger partial charge < -0.3 is 10.4 Å². The summed E-state index contributed by atoms with van der Waals surface area (Å²) in [5, 5.41) is 23.1. The van der Waals surface area contributed by atoms with E-state index in [0.29, 0.717) is 0 Å². The van der Waals surface area contributed by atoms with Crippen LogP contribution < -0.4 is 5.32 Å². The Hall–Kier alpha value is -1.73. The van der Waals surface area contributed by atoms with E-state index < -0.39 is 27.7 Å². The molecule has 0 aliphatic heterocycles. The number of pyridine rings is 1. The third-order valence-electron chi connectivity index (χ3n) is 3.26. The largest absolute Gasteiger partial charge is 0.388 e. The summed E-state index contributed by atoms with van der Waals surface area (Å²) in [4.78, 5) is 26.0. The van der Waals surface area contributed by atoms with Gasteiger partial charge in [0.2, 0.25) is 5.15 Å². The fourth-order valence-corrected chi connectivity index (χ4v) is 1.52. The number of hydrogen-bond donors (Lipinski definition) is 2. The lowest BCUT2D eigenvalue weighted by Crippen LogP contribution is -2.57. The highest BCUT2D eigenvalue weighted by molar-refractivity contribution is 6.32. The van der Waals surface area contributed by atoms with Crippen molar-refractivity contribution in [2.45, 2.75) is 38.8 Å². The van der Waals surface area contributed by atoms with E-state index in [1.54, 1.807) is 13.8 Å². The van der Waals surface area contributed by atoms with Crippen LogP contribution in [0, 0.1) is 10.1 Å². The zero-order valence-corrected chi connectivity index (χ0v) is 12.4. The number of nitrogens with zero attached hydrogens (tertiary/aromatic N) is 2. The van der Waals surface area contributed by atoms with E-state index >= 15 is 0 Å². The molecule has 1 heterocycles. The molecule has 0 aliphatic carbocycles. The smallest absolute Gasteiger partial charge is 0.319 e. The van der Waals surface area contributed by atoms with Crippen molar-refractivity contribution in [3.05, 3.63) is 33.1 Å². The average Bonchev–Trinajstić information content (AvgIpc) is 2.25. The normalized spacial score (nSPS) is 12.1. The van der Waals surface area contributed by atoms with Gasteiger partial charge in [0.1, 0.15) is 5.56 Å². The minimum Gasteiger partial charge on any atom is -0.388 e. The van der Waals surface area contributed by atoms with Crippen LogP contribution >= 0.6 is 11.6 Å². The predicted molar refractivity (Wildman–Crippen MR) is 73.7 cm³/mol. The lowest BCUT2D eigenvalue weighted by molar-refractivity contribution is -0.385. The molecule has 2 N–H and O–H groups in total. The van der Waals surface area contributed by atoms with Crippen LogP contribution in [-0.2, 0) is 0 Å². The number of nitrogens with one attached hydrogen (secondary N) is 1. The molecule has 20 heavy (non-hydrogen) atoms.